The molecule has 1 fully saturated rings. The van der Waals surface area contributed by atoms with Gasteiger partial charge in [-0.1, -0.05) is 6.92 Å². The van der Waals surface area contributed by atoms with Crippen LogP contribution in [0.5, 0.6) is 0 Å². The molecule has 2 heteroatoms. The van der Waals surface area contributed by atoms with Crippen molar-refractivity contribution in [2.45, 2.75) is 19.8 Å². The van der Waals surface area contributed by atoms with Gasteiger partial charge in [0.05, 0.1) is 5.84 Å². The maximum Gasteiger partial charge on any atom is 0.0936 e. The molecule has 46 valence electrons. The van der Waals surface area contributed by atoms with Gasteiger partial charge in [-0.25, -0.2) is 0 Å². The van der Waals surface area contributed by atoms with E-state index in [1.807, 2.05) is 6.92 Å². The van der Waals surface area contributed by atoms with Crippen molar-refractivity contribution in [3.63, 3.8) is 0 Å². The van der Waals surface area contributed by atoms with Gasteiger partial charge in [0.1, 0.15) is 0 Å². The van der Waals surface area contributed by atoms with E-state index in [1.54, 1.807) is 0 Å². The quantitative estimate of drug-likeness (QED) is 0.406. The zero-order chi connectivity index (χ0) is 6.15. The molecule has 1 atom stereocenters. The Morgan fingerprint density at radius 1 is 1.75 bits per heavy atom. The molecule has 0 heterocycles. The monoisotopic (exact) mass is 112 g/mol. The third-order valence-corrected chi connectivity index (χ3v) is 1.82. The Bertz CT molecular complexity index is 105. The Kier molecular flexibility index (Phi) is 1.24. The highest BCUT2D eigenvalue weighted by Crippen LogP contribution is 2.36. The van der Waals surface area contributed by atoms with Crippen molar-refractivity contribution in [2.24, 2.45) is 17.6 Å². The van der Waals surface area contributed by atoms with Crippen LogP contribution < -0.4 is 5.73 Å². The Morgan fingerprint density at radius 3 is 2.38 bits per heavy atom. The van der Waals surface area contributed by atoms with E-state index < -0.39 is 0 Å². The minimum atomic E-state index is 0.343. The molecule has 1 rings (SSSR count). The van der Waals surface area contributed by atoms with Crippen LogP contribution >= 0.6 is 0 Å². The predicted octanol–water partition coefficient (Wildman–Crippen LogP) is 0.968. The van der Waals surface area contributed by atoms with Gasteiger partial charge in [0.15, 0.2) is 0 Å². The summed E-state index contributed by atoms with van der Waals surface area (Å²) in [6.07, 6.45) is 2.56. The van der Waals surface area contributed by atoms with Crippen molar-refractivity contribution in [3.8, 4) is 0 Å². The molecule has 1 aliphatic carbocycles. The van der Waals surface area contributed by atoms with Crippen molar-refractivity contribution in [1.29, 1.82) is 5.41 Å². The molecule has 3 N–H and O–H groups in total. The fourth-order valence-electron chi connectivity index (χ4n) is 0.850. The van der Waals surface area contributed by atoms with E-state index in [2.05, 4.69) is 0 Å². The summed E-state index contributed by atoms with van der Waals surface area (Å²) < 4.78 is 0. The molecule has 8 heavy (non-hydrogen) atoms. The van der Waals surface area contributed by atoms with Gasteiger partial charge in [0.25, 0.3) is 0 Å². The highest BCUT2D eigenvalue weighted by Gasteiger charge is 2.29. The topological polar surface area (TPSA) is 49.9 Å². The molecular weight excluding hydrogens is 100 g/mol. The van der Waals surface area contributed by atoms with E-state index in [4.69, 9.17) is 11.1 Å². The second-order valence-electron chi connectivity index (χ2n) is 2.58. The van der Waals surface area contributed by atoms with E-state index in [0.29, 0.717) is 11.8 Å². The number of rotatable bonds is 2. The number of nitrogens with one attached hydrogen (secondary N) is 1. The first-order chi connectivity index (χ1) is 3.72. The third kappa shape index (κ3) is 0.997. The molecule has 0 spiro atoms. The van der Waals surface area contributed by atoms with E-state index in [-0.39, 0.29) is 0 Å². The van der Waals surface area contributed by atoms with E-state index in [9.17, 15) is 0 Å². The van der Waals surface area contributed by atoms with Crippen molar-refractivity contribution in [1.82, 2.24) is 0 Å². The smallest absolute Gasteiger partial charge is 0.0936 e. The van der Waals surface area contributed by atoms with Crippen LogP contribution in [0.25, 0.3) is 0 Å². The SMILES string of the molecule is CC(C(=N)N)C1CC1. The van der Waals surface area contributed by atoms with E-state index in [1.165, 1.54) is 12.8 Å². The fraction of sp³-hybridized carbons (Fsp3) is 0.833. The van der Waals surface area contributed by atoms with Crippen molar-refractivity contribution in [2.75, 3.05) is 0 Å². The molecule has 1 saturated carbocycles. The van der Waals surface area contributed by atoms with Crippen LogP contribution in [-0.4, -0.2) is 5.84 Å². The lowest BCUT2D eigenvalue weighted by molar-refractivity contribution is 0.657. The van der Waals surface area contributed by atoms with Crippen LogP contribution in [0.2, 0.25) is 0 Å². The summed E-state index contributed by atoms with van der Waals surface area (Å²) >= 11 is 0. The Balaban J connectivity index is 2.32. The molecule has 1 aliphatic rings. The molecular formula is C6H12N2. The first-order valence-corrected chi connectivity index (χ1v) is 3.05. The lowest BCUT2D eigenvalue weighted by Crippen LogP contribution is -2.20. The summed E-state index contributed by atoms with van der Waals surface area (Å²) in [5.74, 6) is 1.44. The van der Waals surface area contributed by atoms with E-state index >= 15 is 0 Å². The third-order valence-electron chi connectivity index (χ3n) is 1.82. The standard InChI is InChI=1S/C6H12N2/c1-4(6(7)8)5-2-3-5/h4-5H,2-3H2,1H3,(H3,7,8). The van der Waals surface area contributed by atoms with Crippen LogP contribution in [0, 0.1) is 17.2 Å². The van der Waals surface area contributed by atoms with E-state index in [0.717, 1.165) is 5.92 Å². The molecule has 0 aromatic rings. The number of hydrogen-bond donors (Lipinski definition) is 2. The lowest BCUT2D eigenvalue weighted by Gasteiger charge is -2.04. The van der Waals surface area contributed by atoms with Crippen molar-refractivity contribution < 1.29 is 0 Å². The molecule has 0 radical (unpaired) electrons. The molecule has 2 nitrogen and oxygen atoms in total. The average Bonchev–Trinajstić information content (AvgIpc) is 2.43. The van der Waals surface area contributed by atoms with Gasteiger partial charge < -0.3 is 5.73 Å². The maximum atomic E-state index is 7.05. The van der Waals surface area contributed by atoms with Gasteiger partial charge in [-0.2, -0.15) is 0 Å². The predicted molar refractivity (Wildman–Crippen MR) is 33.8 cm³/mol. The van der Waals surface area contributed by atoms with Gasteiger partial charge in [-0.05, 0) is 18.8 Å². The maximum absolute atomic E-state index is 7.05. The van der Waals surface area contributed by atoms with Crippen LogP contribution in [-0.2, 0) is 0 Å². The van der Waals surface area contributed by atoms with Crippen molar-refractivity contribution in [3.05, 3.63) is 0 Å². The Morgan fingerprint density at radius 2 is 2.25 bits per heavy atom. The van der Waals surface area contributed by atoms with Crippen LogP contribution in [0.1, 0.15) is 19.8 Å². The molecule has 0 aliphatic heterocycles. The van der Waals surface area contributed by atoms with Crippen LogP contribution in [0.4, 0.5) is 0 Å². The summed E-state index contributed by atoms with van der Waals surface area (Å²) in [4.78, 5) is 0. The lowest BCUT2D eigenvalue weighted by atomic mass is 10.1. The Hall–Kier alpha value is -0.530. The number of amidine groups is 1. The summed E-state index contributed by atoms with van der Waals surface area (Å²) in [5.41, 5.74) is 5.26. The average molecular weight is 112 g/mol. The van der Waals surface area contributed by atoms with Crippen molar-refractivity contribution >= 4 is 5.84 Å². The number of nitrogens with two attached hydrogens (primary N) is 1. The minimum absolute atomic E-state index is 0.343. The Labute approximate surface area is 49.6 Å². The highest BCUT2D eigenvalue weighted by molar-refractivity contribution is 5.79. The van der Waals surface area contributed by atoms with Gasteiger partial charge in [-0.3, -0.25) is 5.41 Å². The zero-order valence-corrected chi connectivity index (χ0v) is 5.15. The highest BCUT2D eigenvalue weighted by atomic mass is 14.7. The van der Waals surface area contributed by atoms with Gasteiger partial charge in [0, 0.05) is 5.92 Å². The molecule has 0 aromatic heterocycles. The normalized spacial score (nSPS) is 22.6. The molecule has 0 bridgehead atoms. The second-order valence-corrected chi connectivity index (χ2v) is 2.58. The van der Waals surface area contributed by atoms with Crippen LogP contribution in [0.3, 0.4) is 0 Å². The number of hydrogen-bond acceptors (Lipinski definition) is 1. The summed E-state index contributed by atoms with van der Waals surface area (Å²) in [6, 6.07) is 0. The molecule has 1 unspecified atom stereocenters. The van der Waals surface area contributed by atoms with Gasteiger partial charge >= 0.3 is 0 Å². The van der Waals surface area contributed by atoms with Gasteiger partial charge in [-0.15, -0.1) is 0 Å². The fourth-order valence-corrected chi connectivity index (χ4v) is 0.850. The van der Waals surface area contributed by atoms with Crippen LogP contribution in [0.15, 0.2) is 0 Å². The first-order valence-electron chi connectivity index (χ1n) is 3.05. The molecule has 0 aromatic carbocycles. The molecule has 0 amide bonds. The first kappa shape index (κ1) is 5.60. The summed E-state index contributed by atoms with van der Waals surface area (Å²) in [6.45, 7) is 2.03. The second kappa shape index (κ2) is 1.77. The summed E-state index contributed by atoms with van der Waals surface area (Å²) in [5, 5.41) is 7.05. The zero-order valence-electron chi connectivity index (χ0n) is 5.15. The minimum Gasteiger partial charge on any atom is -0.387 e. The summed E-state index contributed by atoms with van der Waals surface area (Å²) in [7, 11) is 0. The van der Waals surface area contributed by atoms with Gasteiger partial charge in [0.2, 0.25) is 0 Å². The molecule has 0 saturated heterocycles. The largest absolute Gasteiger partial charge is 0.387 e.